The van der Waals surface area contributed by atoms with Crippen LogP contribution in [-0.2, 0) is 4.79 Å². The number of anilines is 2. The number of ether oxygens (including phenoxy) is 3. The van der Waals surface area contributed by atoms with Crippen molar-refractivity contribution in [3.63, 3.8) is 0 Å². The highest BCUT2D eigenvalue weighted by Gasteiger charge is 2.35. The molecule has 4 rings (SSSR count). The van der Waals surface area contributed by atoms with Gasteiger partial charge >= 0.3 is 0 Å². The van der Waals surface area contributed by atoms with Crippen molar-refractivity contribution in [2.24, 2.45) is 0 Å². The molecule has 1 amide bonds. The van der Waals surface area contributed by atoms with E-state index >= 15 is 0 Å². The number of fused-ring (bicyclic) bond motifs is 1. The van der Waals surface area contributed by atoms with Crippen LogP contribution in [0.3, 0.4) is 0 Å². The van der Waals surface area contributed by atoms with Crippen LogP contribution in [0.15, 0.2) is 58.9 Å². The highest BCUT2D eigenvalue weighted by atomic mass is 32.2. The average Bonchev–Trinajstić information content (AvgIpc) is 3.28. The minimum atomic E-state index is -0.577. The summed E-state index contributed by atoms with van der Waals surface area (Å²) in [7, 11) is 4.68. The molecule has 184 valence electrons. The van der Waals surface area contributed by atoms with Crippen molar-refractivity contribution in [2.75, 3.05) is 37.7 Å². The Hall–Kier alpha value is -3.66. The topological polar surface area (TPSA) is 99.5 Å². The molecule has 10 heteroatoms. The van der Waals surface area contributed by atoms with Crippen molar-refractivity contribution in [1.82, 2.24) is 14.8 Å². The standard InChI is InChI=1S/C25H29N5O4S/c1-6-12-35-25-28-24-26-15(2)20(23(31)27-17-10-8-7-9-11-17)21(30(24)29-25)16-13-18(32-3)22(34-5)19(14-16)33-4/h7-11,13-14,21H,6,12H2,1-5H3,(H,27,31)(H,26,28,29). The average molecular weight is 496 g/mol. The molecule has 0 spiro atoms. The number of methoxy groups -OCH3 is 3. The predicted octanol–water partition coefficient (Wildman–Crippen LogP) is 4.73. The first-order chi connectivity index (χ1) is 17.0. The molecule has 0 saturated carbocycles. The molecule has 1 aliphatic rings. The van der Waals surface area contributed by atoms with Crippen molar-refractivity contribution in [3.05, 3.63) is 59.3 Å². The molecule has 2 aromatic carbocycles. The van der Waals surface area contributed by atoms with E-state index in [1.807, 2.05) is 49.4 Å². The molecule has 2 heterocycles. The third-order valence-electron chi connectivity index (χ3n) is 5.55. The van der Waals surface area contributed by atoms with Crippen molar-refractivity contribution in [2.45, 2.75) is 31.5 Å². The van der Waals surface area contributed by atoms with E-state index in [9.17, 15) is 4.79 Å². The van der Waals surface area contributed by atoms with Gasteiger partial charge in [-0.2, -0.15) is 4.98 Å². The second kappa shape index (κ2) is 10.7. The summed E-state index contributed by atoms with van der Waals surface area (Å²) in [6.45, 7) is 3.97. The summed E-state index contributed by atoms with van der Waals surface area (Å²) in [6.07, 6.45) is 1.00. The lowest BCUT2D eigenvalue weighted by atomic mass is 9.94. The second-order valence-electron chi connectivity index (χ2n) is 7.86. The Morgan fingerprint density at radius 2 is 1.80 bits per heavy atom. The highest BCUT2D eigenvalue weighted by Crippen LogP contribution is 2.44. The monoisotopic (exact) mass is 495 g/mol. The molecule has 0 aliphatic carbocycles. The van der Waals surface area contributed by atoms with Crippen molar-refractivity contribution in [3.8, 4) is 17.2 Å². The van der Waals surface area contributed by atoms with Gasteiger partial charge in [-0.15, -0.1) is 5.10 Å². The molecule has 2 N–H and O–H groups in total. The summed E-state index contributed by atoms with van der Waals surface area (Å²) >= 11 is 1.57. The van der Waals surface area contributed by atoms with Gasteiger partial charge in [0.25, 0.3) is 5.91 Å². The zero-order chi connectivity index (χ0) is 24.9. The number of para-hydroxylation sites is 1. The van der Waals surface area contributed by atoms with Crippen molar-refractivity contribution >= 4 is 29.3 Å². The predicted molar refractivity (Wildman–Crippen MR) is 137 cm³/mol. The fourth-order valence-electron chi connectivity index (χ4n) is 3.97. The number of hydrogen-bond donors (Lipinski definition) is 2. The maximum atomic E-state index is 13.6. The molecule has 0 radical (unpaired) electrons. The molecule has 3 aromatic rings. The van der Waals surface area contributed by atoms with Crippen LogP contribution in [0, 0.1) is 0 Å². The quantitative estimate of drug-likeness (QED) is 0.411. The van der Waals surface area contributed by atoms with E-state index in [2.05, 4.69) is 22.5 Å². The number of thioether (sulfide) groups is 1. The normalized spacial score (nSPS) is 14.7. The Kier molecular flexibility index (Phi) is 7.50. The minimum absolute atomic E-state index is 0.246. The number of rotatable bonds is 9. The summed E-state index contributed by atoms with van der Waals surface area (Å²) in [6, 6.07) is 12.4. The maximum absolute atomic E-state index is 13.6. The van der Waals surface area contributed by atoms with E-state index in [0.29, 0.717) is 45.3 Å². The lowest BCUT2D eigenvalue weighted by molar-refractivity contribution is -0.113. The van der Waals surface area contributed by atoms with Crippen LogP contribution in [0.1, 0.15) is 31.9 Å². The van der Waals surface area contributed by atoms with E-state index in [0.717, 1.165) is 17.7 Å². The molecule has 35 heavy (non-hydrogen) atoms. The second-order valence-corrected chi connectivity index (χ2v) is 8.92. The van der Waals surface area contributed by atoms with Crippen LogP contribution in [0.2, 0.25) is 0 Å². The van der Waals surface area contributed by atoms with E-state index in [4.69, 9.17) is 19.3 Å². The van der Waals surface area contributed by atoms with Gasteiger partial charge in [-0.1, -0.05) is 36.9 Å². The molecule has 1 atom stereocenters. The van der Waals surface area contributed by atoms with Crippen LogP contribution >= 0.6 is 11.8 Å². The summed E-state index contributed by atoms with van der Waals surface area (Å²) in [4.78, 5) is 18.3. The molecule has 0 bridgehead atoms. The zero-order valence-corrected chi connectivity index (χ0v) is 21.2. The first kappa shape index (κ1) is 24.5. The van der Waals surface area contributed by atoms with Gasteiger partial charge in [0.1, 0.15) is 6.04 Å². The number of nitrogens with one attached hydrogen (secondary N) is 2. The lowest BCUT2D eigenvalue weighted by Gasteiger charge is -2.29. The number of benzene rings is 2. The Morgan fingerprint density at radius 3 is 2.40 bits per heavy atom. The number of allylic oxidation sites excluding steroid dienone is 1. The first-order valence-corrected chi connectivity index (χ1v) is 12.2. The van der Waals surface area contributed by atoms with E-state index in [1.165, 1.54) is 0 Å². The van der Waals surface area contributed by atoms with Gasteiger partial charge in [0.2, 0.25) is 16.9 Å². The molecular formula is C25H29N5O4S. The molecule has 1 aliphatic heterocycles. The third kappa shape index (κ3) is 4.93. The van der Waals surface area contributed by atoms with Crippen LogP contribution in [0.4, 0.5) is 11.6 Å². The molecule has 9 nitrogen and oxygen atoms in total. The Balaban J connectivity index is 1.85. The molecule has 0 saturated heterocycles. The molecular weight excluding hydrogens is 466 g/mol. The number of nitrogens with zero attached hydrogens (tertiary/aromatic N) is 3. The minimum Gasteiger partial charge on any atom is -0.493 e. The fraction of sp³-hybridized carbons (Fsp3) is 0.320. The van der Waals surface area contributed by atoms with Crippen LogP contribution in [-0.4, -0.2) is 47.8 Å². The zero-order valence-electron chi connectivity index (χ0n) is 20.4. The Labute approximate surface area is 208 Å². The van der Waals surface area contributed by atoms with Crippen molar-refractivity contribution in [1.29, 1.82) is 0 Å². The SMILES string of the molecule is CCCSc1nc2n(n1)C(c1cc(OC)c(OC)c(OC)c1)C(C(=O)Nc1ccccc1)=C(C)N2. The fourth-order valence-corrected chi connectivity index (χ4v) is 4.65. The van der Waals surface area contributed by atoms with Gasteiger partial charge in [0, 0.05) is 17.1 Å². The van der Waals surface area contributed by atoms with Gasteiger partial charge in [-0.3, -0.25) is 4.79 Å². The van der Waals surface area contributed by atoms with Gasteiger partial charge < -0.3 is 24.8 Å². The largest absolute Gasteiger partial charge is 0.493 e. The molecule has 1 aromatic heterocycles. The van der Waals surface area contributed by atoms with Gasteiger partial charge in [-0.05, 0) is 43.2 Å². The summed E-state index contributed by atoms with van der Waals surface area (Å²) in [5, 5.41) is 11.7. The summed E-state index contributed by atoms with van der Waals surface area (Å²) < 4.78 is 18.4. The summed E-state index contributed by atoms with van der Waals surface area (Å²) in [5.74, 6) is 2.67. The van der Waals surface area contributed by atoms with E-state index in [1.54, 1.807) is 37.8 Å². The van der Waals surface area contributed by atoms with E-state index in [-0.39, 0.29) is 5.91 Å². The van der Waals surface area contributed by atoms with E-state index < -0.39 is 6.04 Å². The highest BCUT2D eigenvalue weighted by molar-refractivity contribution is 7.99. The van der Waals surface area contributed by atoms with Gasteiger partial charge in [-0.25, -0.2) is 4.68 Å². The number of carbonyl (C=O) groups excluding carboxylic acids is 1. The van der Waals surface area contributed by atoms with Crippen LogP contribution < -0.4 is 24.8 Å². The molecule has 1 unspecified atom stereocenters. The van der Waals surface area contributed by atoms with Crippen LogP contribution in [0.25, 0.3) is 0 Å². The molecule has 0 fully saturated rings. The first-order valence-electron chi connectivity index (χ1n) is 11.2. The van der Waals surface area contributed by atoms with Crippen molar-refractivity contribution < 1.29 is 19.0 Å². The summed E-state index contributed by atoms with van der Waals surface area (Å²) in [5.41, 5.74) is 2.64. The Bertz CT molecular complexity index is 1220. The lowest BCUT2D eigenvalue weighted by Crippen LogP contribution is -2.31. The Morgan fingerprint density at radius 1 is 1.11 bits per heavy atom. The smallest absolute Gasteiger partial charge is 0.255 e. The number of hydrogen-bond acceptors (Lipinski definition) is 8. The third-order valence-corrected chi connectivity index (χ3v) is 6.59. The maximum Gasteiger partial charge on any atom is 0.255 e. The van der Waals surface area contributed by atoms with Gasteiger partial charge in [0.15, 0.2) is 11.5 Å². The number of carbonyl (C=O) groups is 1. The number of aromatic nitrogens is 3. The van der Waals surface area contributed by atoms with Gasteiger partial charge in [0.05, 0.1) is 26.9 Å². The number of amides is 1. The van der Waals surface area contributed by atoms with Crippen LogP contribution in [0.5, 0.6) is 17.2 Å².